The second kappa shape index (κ2) is 5.13. The molecule has 3 nitrogen and oxygen atoms in total. The van der Waals surface area contributed by atoms with Gasteiger partial charge in [0.2, 0.25) is 0 Å². The molecule has 1 aliphatic rings. The Kier molecular flexibility index (Phi) is 4.86. The Labute approximate surface area is 67.6 Å². The van der Waals surface area contributed by atoms with Crippen LogP contribution in [-0.4, -0.2) is 17.1 Å². The highest BCUT2D eigenvalue weighted by Gasteiger charge is 2.26. The molecule has 0 amide bonds. The summed E-state index contributed by atoms with van der Waals surface area (Å²) in [6, 6.07) is 0.131. The lowest BCUT2D eigenvalue weighted by atomic mass is 10.1. The molecule has 2 unspecified atom stereocenters. The van der Waals surface area contributed by atoms with Gasteiger partial charge in [0.1, 0.15) is 0 Å². The van der Waals surface area contributed by atoms with Crippen LogP contribution in [-0.2, 0) is 4.79 Å². The molecule has 3 N–H and O–H groups in total. The zero-order chi connectivity index (χ0) is 8.85. The first-order chi connectivity index (χ1) is 5.20. The van der Waals surface area contributed by atoms with Gasteiger partial charge in [-0.1, -0.05) is 13.8 Å². The Morgan fingerprint density at radius 3 is 2.18 bits per heavy atom. The van der Waals surface area contributed by atoms with Crippen LogP contribution in [0.1, 0.15) is 33.1 Å². The third-order valence-electron chi connectivity index (χ3n) is 1.82. The second-order valence-corrected chi connectivity index (χ2v) is 2.61. The molecule has 3 heteroatoms. The van der Waals surface area contributed by atoms with Gasteiger partial charge in [-0.3, -0.25) is 4.79 Å². The minimum absolute atomic E-state index is 0.131. The summed E-state index contributed by atoms with van der Waals surface area (Å²) < 4.78 is 0. The summed E-state index contributed by atoms with van der Waals surface area (Å²) in [5.41, 5.74) is 5.50. The summed E-state index contributed by atoms with van der Waals surface area (Å²) in [5.74, 6) is -0.858. The number of carboxylic acids is 1. The Hall–Kier alpha value is -0.570. The third-order valence-corrected chi connectivity index (χ3v) is 1.82. The topological polar surface area (TPSA) is 63.3 Å². The molecule has 0 radical (unpaired) electrons. The summed E-state index contributed by atoms with van der Waals surface area (Å²) in [5, 5.41) is 8.48. The molecule has 0 bridgehead atoms. The van der Waals surface area contributed by atoms with Crippen LogP contribution >= 0.6 is 0 Å². The van der Waals surface area contributed by atoms with E-state index in [1.165, 1.54) is 0 Å². The average molecular weight is 159 g/mol. The number of carboxylic acid groups (broad SMARTS) is 1. The second-order valence-electron chi connectivity index (χ2n) is 2.61. The molecule has 0 heterocycles. The predicted molar refractivity (Wildman–Crippen MR) is 44.3 cm³/mol. The van der Waals surface area contributed by atoms with Gasteiger partial charge in [0.25, 0.3) is 0 Å². The lowest BCUT2D eigenvalue weighted by Gasteiger charge is -1.99. The van der Waals surface area contributed by atoms with Crippen molar-refractivity contribution in [3.63, 3.8) is 0 Å². The molecule has 0 saturated heterocycles. The van der Waals surface area contributed by atoms with Crippen molar-refractivity contribution in [1.82, 2.24) is 0 Å². The number of rotatable bonds is 1. The van der Waals surface area contributed by atoms with Crippen molar-refractivity contribution in [3.05, 3.63) is 0 Å². The molecule has 1 rings (SSSR count). The Bertz CT molecular complexity index is 125. The van der Waals surface area contributed by atoms with Crippen LogP contribution < -0.4 is 5.73 Å². The molecule has 2 atom stereocenters. The minimum Gasteiger partial charge on any atom is -0.481 e. The quantitative estimate of drug-likeness (QED) is 0.604. The fourth-order valence-electron chi connectivity index (χ4n) is 1.24. The van der Waals surface area contributed by atoms with Crippen LogP contribution in [0.4, 0.5) is 0 Å². The highest BCUT2D eigenvalue weighted by atomic mass is 16.4. The maximum atomic E-state index is 10.3. The predicted octanol–water partition coefficient (Wildman–Crippen LogP) is 1.22. The van der Waals surface area contributed by atoms with E-state index in [1.807, 2.05) is 13.8 Å². The summed E-state index contributed by atoms with van der Waals surface area (Å²) in [6.45, 7) is 4.00. The van der Waals surface area contributed by atoms with Gasteiger partial charge in [0, 0.05) is 6.04 Å². The maximum Gasteiger partial charge on any atom is 0.306 e. The molecule has 0 spiro atoms. The lowest BCUT2D eigenvalue weighted by Crippen LogP contribution is -2.17. The summed E-state index contributed by atoms with van der Waals surface area (Å²) >= 11 is 0. The zero-order valence-corrected chi connectivity index (χ0v) is 7.21. The van der Waals surface area contributed by atoms with Crippen LogP contribution in [0.2, 0.25) is 0 Å². The number of hydrogen-bond donors (Lipinski definition) is 2. The largest absolute Gasteiger partial charge is 0.481 e. The van der Waals surface area contributed by atoms with Crippen molar-refractivity contribution >= 4 is 5.97 Å². The van der Waals surface area contributed by atoms with Crippen LogP contribution in [0.3, 0.4) is 0 Å². The first-order valence-electron chi connectivity index (χ1n) is 4.18. The molecule has 66 valence electrons. The van der Waals surface area contributed by atoms with Crippen molar-refractivity contribution in [1.29, 1.82) is 0 Å². The zero-order valence-electron chi connectivity index (χ0n) is 7.21. The molecule has 0 aliphatic heterocycles. The fourth-order valence-corrected chi connectivity index (χ4v) is 1.24. The van der Waals surface area contributed by atoms with Crippen molar-refractivity contribution in [2.24, 2.45) is 11.7 Å². The molecule has 0 aromatic carbocycles. The van der Waals surface area contributed by atoms with Crippen LogP contribution in [0.5, 0.6) is 0 Å². The van der Waals surface area contributed by atoms with Gasteiger partial charge in [-0.2, -0.15) is 0 Å². The van der Waals surface area contributed by atoms with Gasteiger partial charge in [-0.25, -0.2) is 0 Å². The molecular weight excluding hydrogens is 142 g/mol. The molecule has 0 aromatic rings. The molecule has 1 saturated carbocycles. The Morgan fingerprint density at radius 2 is 2.00 bits per heavy atom. The van der Waals surface area contributed by atoms with E-state index in [2.05, 4.69) is 0 Å². The van der Waals surface area contributed by atoms with Gasteiger partial charge in [0.05, 0.1) is 5.92 Å². The van der Waals surface area contributed by atoms with Crippen molar-refractivity contribution in [2.45, 2.75) is 39.2 Å². The van der Waals surface area contributed by atoms with E-state index in [0.29, 0.717) is 6.42 Å². The van der Waals surface area contributed by atoms with E-state index < -0.39 is 5.97 Å². The summed E-state index contributed by atoms with van der Waals surface area (Å²) in [7, 11) is 0. The SMILES string of the molecule is CC.NC1CCC(C(=O)O)C1. The van der Waals surface area contributed by atoms with Crippen LogP contribution in [0.25, 0.3) is 0 Å². The molecule has 1 fully saturated rings. The normalized spacial score (nSPS) is 29.0. The van der Waals surface area contributed by atoms with E-state index in [4.69, 9.17) is 10.8 Å². The van der Waals surface area contributed by atoms with Crippen LogP contribution in [0.15, 0.2) is 0 Å². The highest BCUT2D eigenvalue weighted by Crippen LogP contribution is 2.23. The average Bonchev–Trinajstić information content (AvgIpc) is 2.40. The third kappa shape index (κ3) is 3.37. The Morgan fingerprint density at radius 1 is 1.45 bits per heavy atom. The van der Waals surface area contributed by atoms with Gasteiger partial charge in [0.15, 0.2) is 0 Å². The van der Waals surface area contributed by atoms with E-state index >= 15 is 0 Å². The molecular formula is C8H17NO2. The summed E-state index contributed by atoms with van der Waals surface area (Å²) in [4.78, 5) is 10.3. The standard InChI is InChI=1S/C6H11NO2.C2H6/c7-5-2-1-4(3-5)6(8)9;1-2/h4-5H,1-3,7H2,(H,8,9);1-2H3. The van der Waals surface area contributed by atoms with E-state index in [1.54, 1.807) is 0 Å². The Balaban J connectivity index is 0.000000461. The maximum absolute atomic E-state index is 10.3. The lowest BCUT2D eigenvalue weighted by molar-refractivity contribution is -0.141. The number of carbonyl (C=O) groups is 1. The first-order valence-corrected chi connectivity index (χ1v) is 4.18. The first kappa shape index (κ1) is 10.4. The fraction of sp³-hybridized carbons (Fsp3) is 0.875. The number of hydrogen-bond acceptors (Lipinski definition) is 2. The van der Waals surface area contributed by atoms with E-state index in [-0.39, 0.29) is 12.0 Å². The summed E-state index contributed by atoms with van der Waals surface area (Å²) in [6.07, 6.45) is 2.29. The van der Waals surface area contributed by atoms with Crippen LogP contribution in [0, 0.1) is 5.92 Å². The smallest absolute Gasteiger partial charge is 0.306 e. The monoisotopic (exact) mass is 159 g/mol. The van der Waals surface area contributed by atoms with Crippen molar-refractivity contribution in [2.75, 3.05) is 0 Å². The molecule has 0 aromatic heterocycles. The van der Waals surface area contributed by atoms with E-state index in [0.717, 1.165) is 12.8 Å². The number of nitrogens with two attached hydrogens (primary N) is 1. The molecule has 11 heavy (non-hydrogen) atoms. The highest BCUT2D eigenvalue weighted by molar-refractivity contribution is 5.70. The molecule has 1 aliphatic carbocycles. The minimum atomic E-state index is -0.692. The van der Waals surface area contributed by atoms with Gasteiger partial charge in [-0.15, -0.1) is 0 Å². The van der Waals surface area contributed by atoms with Gasteiger partial charge < -0.3 is 10.8 Å². The number of aliphatic carboxylic acids is 1. The van der Waals surface area contributed by atoms with Crippen molar-refractivity contribution in [3.8, 4) is 0 Å². The van der Waals surface area contributed by atoms with Gasteiger partial charge in [-0.05, 0) is 19.3 Å². The van der Waals surface area contributed by atoms with Gasteiger partial charge >= 0.3 is 5.97 Å². The van der Waals surface area contributed by atoms with Crippen molar-refractivity contribution < 1.29 is 9.90 Å². The van der Waals surface area contributed by atoms with E-state index in [9.17, 15) is 4.79 Å².